The van der Waals surface area contributed by atoms with Crippen molar-refractivity contribution in [1.29, 1.82) is 0 Å². The maximum absolute atomic E-state index is 13.1. The molecule has 3 unspecified atom stereocenters. The molecule has 0 fully saturated rings. The summed E-state index contributed by atoms with van der Waals surface area (Å²) in [5, 5.41) is 23.6. The van der Waals surface area contributed by atoms with E-state index in [2.05, 4.69) is 56.5 Å². The minimum absolute atomic E-state index is 0.0358. The van der Waals surface area contributed by atoms with Gasteiger partial charge in [-0.15, -0.1) is 0 Å². The van der Waals surface area contributed by atoms with Gasteiger partial charge in [0, 0.05) is 6.42 Å². The summed E-state index contributed by atoms with van der Waals surface area (Å²) in [6.45, 7) is 6.42. The zero-order valence-electron chi connectivity index (χ0n) is 35.9. The van der Waals surface area contributed by atoms with Crippen molar-refractivity contribution >= 4 is 11.9 Å². The number of amides is 1. The maximum Gasteiger partial charge on any atom is 0.306 e. The van der Waals surface area contributed by atoms with Crippen LogP contribution in [-0.4, -0.2) is 46.9 Å². The second kappa shape index (κ2) is 42.2. The number of nitrogens with one attached hydrogen (secondary N) is 1. The number of allylic oxidation sites excluding steroid dienone is 6. The first-order chi connectivity index (χ1) is 26.5. The number of rotatable bonds is 41. The van der Waals surface area contributed by atoms with Crippen LogP contribution in [-0.2, 0) is 14.3 Å². The summed E-state index contributed by atoms with van der Waals surface area (Å²) in [4.78, 5) is 25.9. The van der Waals surface area contributed by atoms with Gasteiger partial charge >= 0.3 is 5.97 Å². The standard InChI is InChI=1S/C48H89NO5/c1-4-7-10-13-16-19-22-23-26-29-32-35-38-41-48(53)54-44(39-36-33-30-27-24-20-17-14-11-8-5-2)42-47(52)49-45(43-50)46(51)40-37-34-31-28-25-21-18-15-12-9-6-3/h23,26-27,30,32,35,44-46,50-51H,4-22,24-25,28-29,31,33-34,36-43H2,1-3H3,(H,49,52)/b26-23-,30-27-,35-32+. The van der Waals surface area contributed by atoms with Crippen LogP contribution in [0.1, 0.15) is 233 Å². The average molecular weight is 760 g/mol. The van der Waals surface area contributed by atoms with Gasteiger partial charge in [-0.05, 0) is 64.2 Å². The molecule has 0 aliphatic heterocycles. The summed E-state index contributed by atoms with van der Waals surface area (Å²) < 4.78 is 5.84. The summed E-state index contributed by atoms with van der Waals surface area (Å²) in [7, 11) is 0. The van der Waals surface area contributed by atoms with Crippen molar-refractivity contribution in [3.05, 3.63) is 36.5 Å². The molecule has 6 nitrogen and oxygen atoms in total. The molecular weight excluding hydrogens is 671 g/mol. The molecule has 0 rings (SSSR count). The summed E-state index contributed by atoms with van der Waals surface area (Å²) in [5.74, 6) is -0.582. The van der Waals surface area contributed by atoms with Gasteiger partial charge in [0.25, 0.3) is 0 Å². The van der Waals surface area contributed by atoms with Gasteiger partial charge in [-0.2, -0.15) is 0 Å². The Morgan fingerprint density at radius 3 is 1.46 bits per heavy atom. The quantitative estimate of drug-likeness (QED) is 0.0328. The van der Waals surface area contributed by atoms with Gasteiger partial charge in [0.05, 0.1) is 25.2 Å². The first kappa shape index (κ1) is 52.1. The van der Waals surface area contributed by atoms with Crippen LogP contribution in [0.15, 0.2) is 36.5 Å². The minimum Gasteiger partial charge on any atom is -0.462 e. The molecule has 54 heavy (non-hydrogen) atoms. The van der Waals surface area contributed by atoms with Gasteiger partial charge in [0.1, 0.15) is 6.10 Å². The van der Waals surface area contributed by atoms with Crippen LogP contribution < -0.4 is 5.32 Å². The van der Waals surface area contributed by atoms with E-state index in [0.717, 1.165) is 51.4 Å². The third-order valence-electron chi connectivity index (χ3n) is 10.5. The topological polar surface area (TPSA) is 95.9 Å². The number of unbranched alkanes of at least 4 members (excludes halogenated alkanes) is 23. The summed E-state index contributed by atoms with van der Waals surface area (Å²) in [6.07, 6.45) is 47.9. The van der Waals surface area contributed by atoms with Crippen LogP contribution in [0.5, 0.6) is 0 Å². The van der Waals surface area contributed by atoms with E-state index in [9.17, 15) is 19.8 Å². The van der Waals surface area contributed by atoms with Gasteiger partial charge in [-0.1, -0.05) is 192 Å². The number of esters is 1. The Hall–Kier alpha value is -1.92. The molecule has 0 aliphatic carbocycles. The molecule has 0 aromatic carbocycles. The van der Waals surface area contributed by atoms with Crippen LogP contribution >= 0.6 is 0 Å². The number of hydrogen-bond donors (Lipinski definition) is 3. The average Bonchev–Trinajstić information content (AvgIpc) is 3.16. The lowest BCUT2D eigenvalue weighted by atomic mass is 10.0. The van der Waals surface area contributed by atoms with Gasteiger partial charge in [0.15, 0.2) is 0 Å². The van der Waals surface area contributed by atoms with Crippen LogP contribution in [0.4, 0.5) is 0 Å². The van der Waals surface area contributed by atoms with Crippen molar-refractivity contribution in [3.63, 3.8) is 0 Å². The molecule has 1 amide bonds. The first-order valence-electron chi connectivity index (χ1n) is 23.2. The Morgan fingerprint density at radius 1 is 0.537 bits per heavy atom. The highest BCUT2D eigenvalue weighted by molar-refractivity contribution is 5.77. The highest BCUT2D eigenvalue weighted by Gasteiger charge is 2.23. The van der Waals surface area contributed by atoms with E-state index in [-0.39, 0.29) is 31.3 Å². The molecule has 3 atom stereocenters. The van der Waals surface area contributed by atoms with E-state index in [1.165, 1.54) is 128 Å². The molecule has 0 spiro atoms. The second-order valence-corrected chi connectivity index (χ2v) is 15.8. The Morgan fingerprint density at radius 2 is 0.963 bits per heavy atom. The van der Waals surface area contributed by atoms with Crippen LogP contribution in [0.2, 0.25) is 0 Å². The fourth-order valence-electron chi connectivity index (χ4n) is 6.89. The fraction of sp³-hybridized carbons (Fsp3) is 0.833. The van der Waals surface area contributed by atoms with Crippen LogP contribution in [0.3, 0.4) is 0 Å². The highest BCUT2D eigenvalue weighted by atomic mass is 16.5. The second-order valence-electron chi connectivity index (χ2n) is 15.8. The number of carbonyl (C=O) groups excluding carboxylic acids is 2. The van der Waals surface area contributed by atoms with Crippen molar-refractivity contribution in [1.82, 2.24) is 5.32 Å². The lowest BCUT2D eigenvalue weighted by molar-refractivity contribution is -0.150. The first-order valence-corrected chi connectivity index (χ1v) is 23.2. The van der Waals surface area contributed by atoms with Crippen molar-refractivity contribution in [2.75, 3.05) is 6.61 Å². The molecule has 0 bridgehead atoms. The van der Waals surface area contributed by atoms with E-state index in [1.807, 2.05) is 6.08 Å². The third kappa shape index (κ3) is 37.0. The van der Waals surface area contributed by atoms with Crippen molar-refractivity contribution in [3.8, 4) is 0 Å². The molecule has 3 N–H and O–H groups in total. The summed E-state index contributed by atoms with van der Waals surface area (Å²) in [5.41, 5.74) is 0. The lowest BCUT2D eigenvalue weighted by Gasteiger charge is -2.24. The van der Waals surface area contributed by atoms with Gasteiger partial charge in [-0.25, -0.2) is 0 Å². The van der Waals surface area contributed by atoms with Gasteiger partial charge in [0.2, 0.25) is 5.91 Å². The molecule has 0 aromatic rings. The summed E-state index contributed by atoms with van der Waals surface area (Å²) in [6, 6.07) is -0.716. The number of hydrogen-bond acceptors (Lipinski definition) is 5. The van der Waals surface area contributed by atoms with E-state index in [1.54, 1.807) is 0 Å². The molecule has 6 heteroatoms. The van der Waals surface area contributed by atoms with Crippen molar-refractivity contribution in [2.24, 2.45) is 0 Å². The number of ether oxygens (including phenoxy) is 1. The predicted molar refractivity (Wildman–Crippen MR) is 232 cm³/mol. The minimum atomic E-state index is -0.799. The summed E-state index contributed by atoms with van der Waals surface area (Å²) >= 11 is 0. The normalized spacial score (nSPS) is 13.6. The van der Waals surface area contributed by atoms with Gasteiger partial charge < -0.3 is 20.3 Å². The molecule has 0 saturated carbocycles. The van der Waals surface area contributed by atoms with Gasteiger partial charge in [-0.3, -0.25) is 9.59 Å². The lowest BCUT2D eigenvalue weighted by Crippen LogP contribution is -2.46. The molecule has 0 aromatic heterocycles. The zero-order valence-corrected chi connectivity index (χ0v) is 35.9. The van der Waals surface area contributed by atoms with E-state index < -0.39 is 18.2 Å². The largest absolute Gasteiger partial charge is 0.462 e. The van der Waals surface area contributed by atoms with E-state index in [4.69, 9.17) is 4.74 Å². The zero-order chi connectivity index (χ0) is 39.6. The Bertz CT molecular complexity index is 900. The molecule has 0 radical (unpaired) electrons. The molecule has 0 saturated heterocycles. The van der Waals surface area contributed by atoms with Crippen molar-refractivity contribution in [2.45, 2.75) is 251 Å². The monoisotopic (exact) mass is 760 g/mol. The SMILES string of the molecule is CCCCCCCC/C=C\C/C=C/CCC(=O)OC(CCC/C=C\CCCCCCCC)CC(=O)NC(CO)C(O)CCCCCCCCCCCCC. The maximum atomic E-state index is 13.1. The Balaban J connectivity index is 4.68. The van der Waals surface area contributed by atoms with E-state index in [0.29, 0.717) is 19.3 Å². The molecular formula is C48H89NO5. The molecule has 316 valence electrons. The number of carbonyl (C=O) groups is 2. The molecule has 0 aliphatic rings. The highest BCUT2D eigenvalue weighted by Crippen LogP contribution is 2.16. The Labute approximate surface area is 334 Å². The van der Waals surface area contributed by atoms with Crippen LogP contribution in [0.25, 0.3) is 0 Å². The van der Waals surface area contributed by atoms with Crippen LogP contribution in [0, 0.1) is 0 Å². The fourth-order valence-corrected chi connectivity index (χ4v) is 6.89. The molecule has 0 heterocycles. The van der Waals surface area contributed by atoms with E-state index >= 15 is 0 Å². The predicted octanol–water partition coefficient (Wildman–Crippen LogP) is 13.3. The smallest absolute Gasteiger partial charge is 0.306 e. The van der Waals surface area contributed by atoms with Crippen molar-refractivity contribution < 1.29 is 24.5 Å². The third-order valence-corrected chi connectivity index (χ3v) is 10.5. The number of aliphatic hydroxyl groups is 2. The Kier molecular flexibility index (Phi) is 40.7. The number of aliphatic hydroxyl groups excluding tert-OH is 2.